The number of para-hydroxylation sites is 5. The Balaban J connectivity index is 0.0000000985. The van der Waals surface area contributed by atoms with Crippen molar-refractivity contribution in [2.45, 2.75) is 93.9 Å². The molecule has 0 spiro atoms. The van der Waals surface area contributed by atoms with Gasteiger partial charge in [-0.05, 0) is 224 Å². The van der Waals surface area contributed by atoms with Gasteiger partial charge in [0.1, 0.15) is 22.3 Å². The van der Waals surface area contributed by atoms with Crippen molar-refractivity contribution < 1.29 is 8.83 Å². The number of hydrogen-bond donors (Lipinski definition) is 0. The third-order valence-corrected chi connectivity index (χ3v) is 27.4. The molecule has 127 heavy (non-hydrogen) atoms. The van der Waals surface area contributed by atoms with Gasteiger partial charge in [0.25, 0.3) is 0 Å². The minimum atomic E-state index is 0.151. The molecule has 23 aromatic rings. The zero-order valence-corrected chi connectivity index (χ0v) is 75.9. The average molecular weight is 1680 g/mol. The SMILES string of the molecule is Cc1cc(-c2ccccc2)cc(-c2ccccc2)c1.Cc1ccc2c(c1)-c1ccccc1C2(C)C.Cc1ccc2c(c1)C(C)(C)c1ccccc1-2.Cc1ccc2c(c1)c1ccccc1n2-c1ccccc1.Cc1ccc2oc3ccccc3c2c1.Cc1ccc2sc3ccccc3c2c1.Cc1cccc2c1oc1ccccc12.Cc1cccc2c1sc1ccccc12. The zero-order chi connectivity index (χ0) is 87.5. The van der Waals surface area contributed by atoms with E-state index in [4.69, 9.17) is 8.83 Å². The topological polar surface area (TPSA) is 31.2 Å². The molecule has 0 aliphatic heterocycles. The highest BCUT2D eigenvalue weighted by atomic mass is 32.1. The summed E-state index contributed by atoms with van der Waals surface area (Å²) in [5.74, 6) is 0. The Hall–Kier alpha value is -14.2. The molecule has 5 heterocycles. The van der Waals surface area contributed by atoms with Crippen LogP contribution in [0.1, 0.15) is 94.5 Å². The molecule has 0 atom stereocenters. The molecule has 5 heteroatoms. The lowest BCUT2D eigenvalue weighted by Gasteiger charge is -2.21. The van der Waals surface area contributed by atoms with Crippen molar-refractivity contribution in [3.8, 4) is 50.2 Å². The molecule has 0 unspecified atom stereocenters. The Kier molecular flexibility index (Phi) is 23.8. The standard InChI is InChI=1S/C19H15N.C19H16.2C16H16.2C13H10O.2C13H10S/c1-14-11-12-19-17(13-14)16-9-5-6-10-18(16)20(19)15-7-3-2-4-8-15;1-15-12-18(16-8-4-2-5-9-16)14-19(13-15)17-10-6-3-7-11-17;1-11-8-9-15-13(10-11)12-6-4-5-7-14(12)16(15,2)3;1-11-8-9-13-12-6-4-5-7-14(12)16(2,3)15(13)10-11;1-9-5-4-7-11-10-6-2-3-8-12(10)14-13(9)11;1-9-6-7-13-11(8-9)10-4-2-3-5-12(10)14-13;1-9-5-4-7-11-10-6-2-3-8-12(10)14-13(9)11;1-9-6-7-13-11(8-9)10-4-2-3-5-12(10)14-13/h2-13H,1H3;2-14H,1H3;2*4-10H,1-3H3;4*2-8H,1H3. The van der Waals surface area contributed by atoms with Gasteiger partial charge in [-0.15, -0.1) is 22.7 Å². The summed E-state index contributed by atoms with van der Waals surface area (Å²) in [6.07, 6.45) is 0. The predicted octanol–water partition coefficient (Wildman–Crippen LogP) is 35.5. The lowest BCUT2D eigenvalue weighted by atomic mass is 9.82. The van der Waals surface area contributed by atoms with Crippen LogP contribution < -0.4 is 0 Å². The Labute approximate surface area is 753 Å². The van der Waals surface area contributed by atoms with E-state index in [-0.39, 0.29) is 10.8 Å². The normalized spacial score (nSPS) is 12.2. The van der Waals surface area contributed by atoms with E-state index >= 15 is 0 Å². The predicted molar refractivity (Wildman–Crippen MR) is 550 cm³/mol. The van der Waals surface area contributed by atoms with Gasteiger partial charge in [0.15, 0.2) is 0 Å². The summed E-state index contributed by atoms with van der Waals surface area (Å²) in [7, 11) is 0. The van der Waals surface area contributed by atoms with E-state index < -0.39 is 0 Å². The lowest BCUT2D eigenvalue weighted by molar-refractivity contribution is 0.659. The Morgan fingerprint density at radius 1 is 0.220 bits per heavy atom. The van der Waals surface area contributed by atoms with Crippen molar-refractivity contribution in [2.24, 2.45) is 0 Å². The number of benzene rings is 18. The van der Waals surface area contributed by atoms with Gasteiger partial charge in [-0.3, -0.25) is 0 Å². The molecule has 620 valence electrons. The molecule has 2 aliphatic carbocycles. The molecule has 0 saturated heterocycles. The molecular weight excluding hydrogens is 1580 g/mol. The van der Waals surface area contributed by atoms with E-state index in [9.17, 15) is 0 Å². The first kappa shape index (κ1) is 83.7. The maximum atomic E-state index is 5.78. The first-order valence-electron chi connectivity index (χ1n) is 44.0. The van der Waals surface area contributed by atoms with E-state index in [2.05, 4.69) is 452 Å². The van der Waals surface area contributed by atoms with Crippen LogP contribution in [0.4, 0.5) is 0 Å². The number of rotatable bonds is 3. The van der Waals surface area contributed by atoms with E-state index in [0.29, 0.717) is 0 Å². The minimum Gasteiger partial charge on any atom is -0.456 e. The molecule has 5 aromatic heterocycles. The van der Waals surface area contributed by atoms with E-state index in [0.717, 1.165) is 22.3 Å². The third-order valence-electron chi connectivity index (χ3n) is 24.9. The first-order chi connectivity index (χ1) is 61.8. The van der Waals surface area contributed by atoms with Gasteiger partial charge in [-0.2, -0.15) is 0 Å². The third kappa shape index (κ3) is 17.2. The molecular formula is C122H103NO2S2. The molecule has 0 fully saturated rings. The van der Waals surface area contributed by atoms with Crippen LogP contribution in [0.5, 0.6) is 0 Å². The maximum Gasteiger partial charge on any atom is 0.138 e. The van der Waals surface area contributed by atoms with Crippen LogP contribution in [-0.4, -0.2) is 4.57 Å². The summed E-state index contributed by atoms with van der Waals surface area (Å²) >= 11 is 3.76. The molecule has 0 saturated carbocycles. The second kappa shape index (κ2) is 36.2. The minimum absolute atomic E-state index is 0.151. The molecule has 0 bridgehead atoms. The molecule has 2 aliphatic rings. The van der Waals surface area contributed by atoms with Crippen molar-refractivity contribution in [1.29, 1.82) is 0 Å². The molecule has 18 aromatic carbocycles. The van der Waals surface area contributed by atoms with Gasteiger partial charge in [-0.1, -0.05) is 377 Å². The van der Waals surface area contributed by atoms with Gasteiger partial charge in [0, 0.05) is 89.2 Å². The lowest BCUT2D eigenvalue weighted by Crippen LogP contribution is -2.14. The fraction of sp³-hybridized carbons (Fsp3) is 0.115. The van der Waals surface area contributed by atoms with Gasteiger partial charge >= 0.3 is 0 Å². The Morgan fingerprint density at radius 2 is 0.638 bits per heavy atom. The molecule has 0 N–H and O–H groups in total. The highest BCUT2D eigenvalue weighted by molar-refractivity contribution is 7.26. The van der Waals surface area contributed by atoms with E-state index in [1.54, 1.807) is 0 Å². The largest absolute Gasteiger partial charge is 0.456 e. The van der Waals surface area contributed by atoms with Gasteiger partial charge < -0.3 is 13.4 Å². The summed E-state index contributed by atoms with van der Waals surface area (Å²) in [4.78, 5) is 0. The van der Waals surface area contributed by atoms with E-state index in [1.807, 2.05) is 65.1 Å². The van der Waals surface area contributed by atoms with Gasteiger partial charge in [0.05, 0.1) is 11.0 Å². The monoisotopic (exact) mass is 1680 g/mol. The first-order valence-corrected chi connectivity index (χ1v) is 45.6. The summed E-state index contributed by atoms with van der Waals surface area (Å²) in [5, 5.41) is 13.0. The van der Waals surface area contributed by atoms with Crippen LogP contribution in [0.15, 0.2) is 415 Å². The van der Waals surface area contributed by atoms with Crippen molar-refractivity contribution in [3.63, 3.8) is 0 Å². The summed E-state index contributed by atoms with van der Waals surface area (Å²) in [5.41, 5.74) is 35.0. The smallest absolute Gasteiger partial charge is 0.138 e. The number of furan rings is 2. The quantitative estimate of drug-likeness (QED) is 0.177. The fourth-order valence-electron chi connectivity index (χ4n) is 18.4. The van der Waals surface area contributed by atoms with Crippen molar-refractivity contribution in [1.82, 2.24) is 4.57 Å². The molecule has 3 nitrogen and oxygen atoms in total. The van der Waals surface area contributed by atoms with Gasteiger partial charge in [0.2, 0.25) is 0 Å². The van der Waals surface area contributed by atoms with Crippen molar-refractivity contribution in [2.75, 3.05) is 0 Å². The van der Waals surface area contributed by atoms with Crippen LogP contribution in [0.25, 0.3) is 156 Å². The Morgan fingerprint density at radius 3 is 1.30 bits per heavy atom. The second-order valence-corrected chi connectivity index (χ2v) is 36.9. The van der Waals surface area contributed by atoms with Crippen LogP contribution >= 0.6 is 22.7 Å². The number of nitrogens with zero attached hydrogens (tertiary/aromatic N) is 1. The van der Waals surface area contributed by atoms with Crippen molar-refractivity contribution in [3.05, 3.63) is 473 Å². The summed E-state index contributed by atoms with van der Waals surface area (Å²) in [6, 6.07) is 144. The zero-order valence-electron chi connectivity index (χ0n) is 74.3. The number of thiophene rings is 2. The number of aromatic nitrogens is 1. The van der Waals surface area contributed by atoms with E-state index in [1.165, 1.54) is 201 Å². The maximum absolute atomic E-state index is 5.78. The van der Waals surface area contributed by atoms with Crippen LogP contribution in [-0.2, 0) is 10.8 Å². The average Bonchev–Trinajstić information content (AvgIpc) is 1.59. The van der Waals surface area contributed by atoms with Gasteiger partial charge in [-0.25, -0.2) is 0 Å². The van der Waals surface area contributed by atoms with Crippen LogP contribution in [0.3, 0.4) is 0 Å². The Bertz CT molecular complexity index is 7620. The summed E-state index contributed by atoms with van der Waals surface area (Å²) in [6.45, 7) is 26.4. The molecule has 0 amide bonds. The highest BCUT2D eigenvalue weighted by Crippen LogP contribution is 2.51. The van der Waals surface area contributed by atoms with Crippen LogP contribution in [0.2, 0.25) is 0 Å². The second-order valence-electron chi connectivity index (χ2n) is 34.8. The highest BCUT2D eigenvalue weighted by Gasteiger charge is 2.36. The number of fused-ring (bicyclic) bond motifs is 21. The fourth-order valence-corrected chi connectivity index (χ4v) is 20.7. The van der Waals surface area contributed by atoms with Crippen molar-refractivity contribution >= 4 is 129 Å². The summed E-state index contributed by atoms with van der Waals surface area (Å²) < 4.78 is 19.4. The molecule has 0 radical (unpaired) electrons. The number of hydrogen-bond acceptors (Lipinski definition) is 4. The molecule has 25 rings (SSSR count). The number of aryl methyl sites for hydroxylation is 8. The van der Waals surface area contributed by atoms with Crippen LogP contribution in [0, 0.1) is 55.4 Å².